The van der Waals surface area contributed by atoms with Crippen LogP contribution in [0.2, 0.25) is 0 Å². The number of nitrogens with zero attached hydrogens (tertiary/aromatic N) is 1. The van der Waals surface area contributed by atoms with Crippen LogP contribution in [0.1, 0.15) is 30.5 Å². The van der Waals surface area contributed by atoms with Crippen molar-refractivity contribution in [3.8, 4) is 0 Å². The molecule has 0 saturated heterocycles. The molecule has 102 valence electrons. The minimum atomic E-state index is -2.49. The van der Waals surface area contributed by atoms with E-state index in [0.717, 1.165) is 10.6 Å². The van der Waals surface area contributed by atoms with Crippen molar-refractivity contribution in [2.24, 2.45) is 5.10 Å². The van der Waals surface area contributed by atoms with Crippen molar-refractivity contribution in [2.45, 2.75) is 27.7 Å². The van der Waals surface area contributed by atoms with E-state index >= 15 is 0 Å². The first-order chi connectivity index (χ1) is 8.50. The zero-order valence-corrected chi connectivity index (χ0v) is 13.6. The van der Waals surface area contributed by atoms with Gasteiger partial charge in [-0.3, -0.25) is 0 Å². The lowest BCUT2D eigenvalue weighted by atomic mass is 10.3. The SMILES string of the molecule is CCOP(=S)(N/N=C(\C)c1ccc(C)s1)OCC. The normalized spacial score (nSPS) is 12.8. The van der Waals surface area contributed by atoms with E-state index in [4.69, 9.17) is 20.9 Å². The molecular formula is C11H19N2O2PS2. The third kappa shape index (κ3) is 4.78. The Labute approximate surface area is 118 Å². The summed E-state index contributed by atoms with van der Waals surface area (Å²) in [6.07, 6.45) is 0. The van der Waals surface area contributed by atoms with Crippen molar-refractivity contribution in [2.75, 3.05) is 13.2 Å². The van der Waals surface area contributed by atoms with Gasteiger partial charge in [0.1, 0.15) is 0 Å². The van der Waals surface area contributed by atoms with Gasteiger partial charge in [-0.15, -0.1) is 11.3 Å². The minimum absolute atomic E-state index is 0.511. The molecule has 0 amide bonds. The summed E-state index contributed by atoms with van der Waals surface area (Å²) in [6, 6.07) is 4.12. The number of hydrogen-bond acceptors (Lipinski definition) is 5. The van der Waals surface area contributed by atoms with E-state index in [2.05, 4.69) is 23.3 Å². The fraction of sp³-hybridized carbons (Fsp3) is 0.545. The number of hydrazone groups is 1. The Morgan fingerprint density at radius 1 is 1.39 bits per heavy atom. The number of rotatable bonds is 7. The van der Waals surface area contributed by atoms with Gasteiger partial charge in [-0.05, 0) is 51.6 Å². The van der Waals surface area contributed by atoms with Gasteiger partial charge < -0.3 is 9.05 Å². The molecule has 18 heavy (non-hydrogen) atoms. The smallest absolute Gasteiger partial charge is 0.303 e. The third-order valence-electron chi connectivity index (χ3n) is 2.04. The summed E-state index contributed by atoms with van der Waals surface area (Å²) in [5, 5.41) is 7.17. The van der Waals surface area contributed by atoms with E-state index in [0.29, 0.717) is 13.2 Å². The molecule has 0 atom stereocenters. The highest BCUT2D eigenvalue weighted by Crippen LogP contribution is 2.43. The third-order valence-corrected chi connectivity index (χ3v) is 5.56. The average molecular weight is 306 g/mol. The van der Waals surface area contributed by atoms with E-state index in [1.54, 1.807) is 11.3 Å². The van der Waals surface area contributed by atoms with Crippen LogP contribution in [0.25, 0.3) is 0 Å². The molecule has 0 aliphatic rings. The van der Waals surface area contributed by atoms with Crippen molar-refractivity contribution in [1.29, 1.82) is 0 Å². The van der Waals surface area contributed by atoms with Gasteiger partial charge in [-0.25, -0.2) is 5.20 Å². The van der Waals surface area contributed by atoms with Crippen molar-refractivity contribution < 1.29 is 9.05 Å². The average Bonchev–Trinajstić information content (AvgIpc) is 2.74. The van der Waals surface area contributed by atoms with Crippen LogP contribution in [0.4, 0.5) is 0 Å². The molecule has 1 N–H and O–H groups in total. The van der Waals surface area contributed by atoms with Crippen LogP contribution in [0.15, 0.2) is 17.2 Å². The fourth-order valence-corrected chi connectivity index (χ4v) is 3.96. The molecule has 0 saturated carbocycles. The van der Waals surface area contributed by atoms with Crippen molar-refractivity contribution in [3.05, 3.63) is 21.9 Å². The van der Waals surface area contributed by atoms with E-state index in [-0.39, 0.29) is 0 Å². The van der Waals surface area contributed by atoms with Gasteiger partial charge in [0.15, 0.2) is 0 Å². The molecule has 0 bridgehead atoms. The lowest BCUT2D eigenvalue weighted by Crippen LogP contribution is -2.11. The first-order valence-electron chi connectivity index (χ1n) is 5.78. The van der Waals surface area contributed by atoms with Gasteiger partial charge in [0.05, 0.1) is 23.8 Å². The summed E-state index contributed by atoms with van der Waals surface area (Å²) < 4.78 is 10.9. The van der Waals surface area contributed by atoms with Crippen LogP contribution in [0.3, 0.4) is 0 Å². The second-order valence-electron chi connectivity index (χ2n) is 3.54. The number of hydrogen-bond donors (Lipinski definition) is 1. The van der Waals surface area contributed by atoms with Crippen molar-refractivity contribution in [1.82, 2.24) is 5.20 Å². The Balaban J connectivity index is 2.74. The monoisotopic (exact) mass is 306 g/mol. The van der Waals surface area contributed by atoms with Gasteiger partial charge in [0.25, 0.3) is 0 Å². The van der Waals surface area contributed by atoms with Crippen molar-refractivity contribution >= 4 is 35.5 Å². The van der Waals surface area contributed by atoms with Gasteiger partial charge in [0.2, 0.25) is 0 Å². The Bertz CT molecular complexity index is 450. The van der Waals surface area contributed by atoms with Gasteiger partial charge in [0, 0.05) is 4.88 Å². The van der Waals surface area contributed by atoms with E-state index in [1.165, 1.54) is 4.88 Å². The molecule has 0 spiro atoms. The molecule has 0 fully saturated rings. The van der Waals surface area contributed by atoms with Crippen LogP contribution in [-0.4, -0.2) is 18.9 Å². The maximum atomic E-state index is 5.45. The Kier molecular flexibility index (Phi) is 6.46. The molecule has 4 nitrogen and oxygen atoms in total. The van der Waals surface area contributed by atoms with Crippen LogP contribution in [0.5, 0.6) is 0 Å². The van der Waals surface area contributed by atoms with Gasteiger partial charge in [-0.1, -0.05) is 0 Å². The van der Waals surface area contributed by atoms with Crippen LogP contribution in [0, 0.1) is 6.92 Å². The summed E-state index contributed by atoms with van der Waals surface area (Å²) in [7, 11) is 0. The molecule has 1 heterocycles. The topological polar surface area (TPSA) is 42.8 Å². The minimum Gasteiger partial charge on any atom is -0.313 e. The lowest BCUT2D eigenvalue weighted by molar-refractivity contribution is 0.259. The molecule has 1 rings (SSSR count). The number of aryl methyl sites for hydroxylation is 1. The molecule has 0 unspecified atom stereocenters. The van der Waals surface area contributed by atoms with Crippen LogP contribution < -0.4 is 5.20 Å². The summed E-state index contributed by atoms with van der Waals surface area (Å²) in [5.74, 6) is 0. The molecule has 0 aliphatic carbocycles. The maximum absolute atomic E-state index is 5.45. The largest absolute Gasteiger partial charge is 0.313 e. The second kappa shape index (κ2) is 7.36. The Morgan fingerprint density at radius 3 is 2.44 bits per heavy atom. The molecule has 0 aliphatic heterocycles. The quantitative estimate of drug-likeness (QED) is 0.474. The first-order valence-corrected chi connectivity index (χ1v) is 9.23. The Morgan fingerprint density at radius 2 is 2.00 bits per heavy atom. The highest BCUT2D eigenvalue weighted by atomic mass is 32.5. The molecule has 1 aromatic heterocycles. The van der Waals surface area contributed by atoms with E-state index < -0.39 is 6.64 Å². The molecule has 1 aromatic rings. The molecular weight excluding hydrogens is 287 g/mol. The first kappa shape index (κ1) is 15.8. The van der Waals surface area contributed by atoms with Crippen LogP contribution in [-0.2, 0) is 20.9 Å². The maximum Gasteiger partial charge on any atom is 0.303 e. The zero-order valence-electron chi connectivity index (χ0n) is 11.1. The van der Waals surface area contributed by atoms with E-state index in [1.807, 2.05) is 26.8 Å². The molecule has 0 aromatic carbocycles. The summed E-state index contributed by atoms with van der Waals surface area (Å²) >= 11 is 7.02. The zero-order chi connectivity index (χ0) is 13.6. The fourth-order valence-electron chi connectivity index (χ4n) is 1.26. The summed E-state index contributed by atoms with van der Waals surface area (Å²) in [4.78, 5) is 2.38. The summed E-state index contributed by atoms with van der Waals surface area (Å²) in [6.45, 7) is 6.32. The molecule has 0 radical (unpaired) electrons. The van der Waals surface area contributed by atoms with Gasteiger partial charge in [-0.2, -0.15) is 5.10 Å². The highest BCUT2D eigenvalue weighted by molar-refractivity contribution is 8.08. The highest BCUT2D eigenvalue weighted by Gasteiger charge is 2.16. The van der Waals surface area contributed by atoms with Crippen LogP contribution >= 0.6 is 18.0 Å². The predicted octanol–water partition coefficient (Wildman–Crippen LogP) is 3.67. The van der Waals surface area contributed by atoms with Crippen molar-refractivity contribution in [3.63, 3.8) is 0 Å². The number of thiophene rings is 1. The lowest BCUT2D eigenvalue weighted by Gasteiger charge is -2.19. The second-order valence-corrected chi connectivity index (χ2v) is 7.98. The van der Waals surface area contributed by atoms with E-state index in [9.17, 15) is 0 Å². The standard InChI is InChI=1S/C11H19N2O2PS2/c1-5-14-16(17,15-6-2)13-12-10(4)11-8-7-9(3)18-11/h7-8H,5-6H2,1-4H3,(H,13,17)/b12-10+. The number of nitrogens with one attached hydrogen (secondary N) is 1. The molecule has 7 heteroatoms. The Hall–Kier alpha value is -0.260. The van der Waals surface area contributed by atoms with Gasteiger partial charge >= 0.3 is 6.64 Å². The predicted molar refractivity (Wildman–Crippen MR) is 81.9 cm³/mol. The summed E-state index contributed by atoms with van der Waals surface area (Å²) in [5.41, 5.74) is 0.890.